The fourth-order valence-corrected chi connectivity index (χ4v) is 4.65. The summed E-state index contributed by atoms with van der Waals surface area (Å²) >= 11 is 0. The second-order valence-corrected chi connectivity index (χ2v) is 8.04. The van der Waals surface area contributed by atoms with E-state index in [4.69, 9.17) is 0 Å². The average Bonchev–Trinajstić information content (AvgIpc) is 2.68. The lowest BCUT2D eigenvalue weighted by molar-refractivity contribution is 0.0600. The summed E-state index contributed by atoms with van der Waals surface area (Å²) in [6.07, 6.45) is 1.62. The molecule has 0 spiro atoms. The Bertz CT molecular complexity index is 823. The SMILES string of the molecule is COC(=O)c1ccc(S(=O)(=O)N2CCC(c3ccccc3)CC2)cc1. The van der Waals surface area contributed by atoms with Crippen LogP contribution in [0.3, 0.4) is 0 Å². The maximum atomic E-state index is 12.8. The first kappa shape index (κ1) is 17.6. The van der Waals surface area contributed by atoms with Gasteiger partial charge in [0.25, 0.3) is 0 Å². The van der Waals surface area contributed by atoms with Gasteiger partial charge in [-0.15, -0.1) is 0 Å². The number of sulfonamides is 1. The highest BCUT2D eigenvalue weighted by atomic mass is 32.2. The van der Waals surface area contributed by atoms with Gasteiger partial charge in [-0.1, -0.05) is 30.3 Å². The summed E-state index contributed by atoms with van der Waals surface area (Å²) in [6.45, 7) is 1.00. The van der Waals surface area contributed by atoms with E-state index in [-0.39, 0.29) is 4.90 Å². The second-order valence-electron chi connectivity index (χ2n) is 6.11. The third-order valence-electron chi connectivity index (χ3n) is 4.64. The maximum Gasteiger partial charge on any atom is 0.337 e. The van der Waals surface area contributed by atoms with E-state index in [0.717, 1.165) is 12.8 Å². The van der Waals surface area contributed by atoms with Gasteiger partial charge in [-0.25, -0.2) is 13.2 Å². The van der Waals surface area contributed by atoms with E-state index in [0.29, 0.717) is 24.6 Å². The van der Waals surface area contributed by atoms with Gasteiger partial charge < -0.3 is 4.74 Å². The molecule has 0 radical (unpaired) electrons. The molecule has 0 N–H and O–H groups in total. The molecule has 3 rings (SSSR count). The molecule has 0 atom stereocenters. The molecule has 0 aliphatic carbocycles. The number of rotatable bonds is 4. The number of nitrogens with zero attached hydrogens (tertiary/aromatic N) is 1. The van der Waals surface area contributed by atoms with Crippen molar-refractivity contribution >= 4 is 16.0 Å². The number of piperidine rings is 1. The van der Waals surface area contributed by atoms with Crippen LogP contribution in [0.4, 0.5) is 0 Å². The van der Waals surface area contributed by atoms with Crippen LogP contribution in [-0.2, 0) is 14.8 Å². The predicted octanol–water partition coefficient (Wildman–Crippen LogP) is 3.04. The van der Waals surface area contributed by atoms with Crippen LogP contribution in [0.5, 0.6) is 0 Å². The highest BCUT2D eigenvalue weighted by Gasteiger charge is 2.29. The Morgan fingerprint density at radius 3 is 2.16 bits per heavy atom. The lowest BCUT2D eigenvalue weighted by Crippen LogP contribution is -2.37. The van der Waals surface area contributed by atoms with Gasteiger partial charge in [0.15, 0.2) is 0 Å². The first-order chi connectivity index (χ1) is 12.0. The number of methoxy groups -OCH3 is 1. The minimum absolute atomic E-state index is 0.207. The summed E-state index contributed by atoms with van der Waals surface area (Å²) < 4.78 is 31.7. The molecule has 0 bridgehead atoms. The zero-order chi connectivity index (χ0) is 17.9. The Labute approximate surface area is 148 Å². The molecule has 2 aromatic carbocycles. The van der Waals surface area contributed by atoms with E-state index in [2.05, 4.69) is 16.9 Å². The number of carbonyl (C=O) groups excluding carboxylic acids is 1. The number of esters is 1. The zero-order valence-corrected chi connectivity index (χ0v) is 14.9. The smallest absolute Gasteiger partial charge is 0.337 e. The number of ether oxygens (including phenoxy) is 1. The quantitative estimate of drug-likeness (QED) is 0.787. The summed E-state index contributed by atoms with van der Waals surface area (Å²) in [5.74, 6) is -0.0815. The standard InChI is InChI=1S/C19H21NO4S/c1-24-19(21)17-7-9-18(10-8-17)25(22,23)20-13-11-16(12-14-20)15-5-3-2-4-6-15/h2-10,16H,11-14H2,1H3. The van der Waals surface area contributed by atoms with Crippen LogP contribution in [-0.4, -0.2) is 38.9 Å². The van der Waals surface area contributed by atoms with Crippen molar-refractivity contribution in [3.63, 3.8) is 0 Å². The zero-order valence-electron chi connectivity index (χ0n) is 14.1. The molecule has 0 amide bonds. The van der Waals surface area contributed by atoms with Crippen molar-refractivity contribution < 1.29 is 17.9 Å². The van der Waals surface area contributed by atoms with E-state index < -0.39 is 16.0 Å². The molecule has 6 heteroatoms. The maximum absolute atomic E-state index is 12.8. The van der Waals surface area contributed by atoms with Gasteiger partial charge in [-0.2, -0.15) is 4.31 Å². The molecule has 0 unspecified atom stereocenters. The van der Waals surface area contributed by atoms with Crippen molar-refractivity contribution in [2.75, 3.05) is 20.2 Å². The largest absolute Gasteiger partial charge is 0.465 e. The molecule has 0 saturated carbocycles. The van der Waals surface area contributed by atoms with E-state index in [1.807, 2.05) is 18.2 Å². The van der Waals surface area contributed by atoms with E-state index in [9.17, 15) is 13.2 Å². The summed E-state index contributed by atoms with van der Waals surface area (Å²) in [4.78, 5) is 11.7. The molecule has 1 aliphatic heterocycles. The monoisotopic (exact) mass is 359 g/mol. The van der Waals surface area contributed by atoms with Gasteiger partial charge in [0.1, 0.15) is 0 Å². The molecule has 1 heterocycles. The topological polar surface area (TPSA) is 63.7 Å². The van der Waals surface area contributed by atoms with Gasteiger partial charge in [0, 0.05) is 13.1 Å². The van der Waals surface area contributed by atoms with Gasteiger partial charge in [-0.05, 0) is 48.6 Å². The molecular formula is C19H21NO4S. The third-order valence-corrected chi connectivity index (χ3v) is 6.55. The van der Waals surface area contributed by atoms with Gasteiger partial charge in [0.05, 0.1) is 17.6 Å². The minimum atomic E-state index is -3.54. The summed E-state index contributed by atoms with van der Waals surface area (Å²) in [7, 11) is -2.24. The highest BCUT2D eigenvalue weighted by Crippen LogP contribution is 2.30. The molecule has 2 aromatic rings. The molecule has 0 aromatic heterocycles. The number of hydrogen-bond acceptors (Lipinski definition) is 4. The van der Waals surface area contributed by atoms with Crippen LogP contribution in [0, 0.1) is 0 Å². The Morgan fingerprint density at radius 2 is 1.60 bits per heavy atom. The van der Waals surface area contributed by atoms with Crippen molar-refractivity contribution in [1.82, 2.24) is 4.31 Å². The van der Waals surface area contributed by atoms with Crippen molar-refractivity contribution in [3.05, 3.63) is 65.7 Å². The van der Waals surface area contributed by atoms with Crippen molar-refractivity contribution in [1.29, 1.82) is 0 Å². The van der Waals surface area contributed by atoms with Gasteiger partial charge in [0.2, 0.25) is 10.0 Å². The number of hydrogen-bond donors (Lipinski definition) is 0. The van der Waals surface area contributed by atoms with Crippen LogP contribution in [0.2, 0.25) is 0 Å². The normalized spacial score (nSPS) is 16.5. The lowest BCUT2D eigenvalue weighted by atomic mass is 9.90. The molecule has 132 valence electrons. The van der Waals surface area contributed by atoms with Crippen molar-refractivity contribution in [2.24, 2.45) is 0 Å². The first-order valence-corrected chi connectivity index (χ1v) is 9.70. The first-order valence-electron chi connectivity index (χ1n) is 8.26. The third kappa shape index (κ3) is 3.75. The Balaban J connectivity index is 1.70. The van der Waals surface area contributed by atoms with Gasteiger partial charge >= 0.3 is 5.97 Å². The van der Waals surface area contributed by atoms with Crippen molar-refractivity contribution in [3.8, 4) is 0 Å². The lowest BCUT2D eigenvalue weighted by Gasteiger charge is -2.31. The van der Waals surface area contributed by atoms with E-state index in [1.54, 1.807) is 0 Å². The Kier molecular flexibility index (Phi) is 5.20. The van der Waals surface area contributed by atoms with Crippen LogP contribution < -0.4 is 0 Å². The summed E-state index contributed by atoms with van der Waals surface area (Å²) in [5, 5.41) is 0. The predicted molar refractivity (Wildman–Crippen MR) is 95.0 cm³/mol. The fraction of sp³-hybridized carbons (Fsp3) is 0.316. The van der Waals surface area contributed by atoms with Crippen LogP contribution in [0.15, 0.2) is 59.5 Å². The molecule has 25 heavy (non-hydrogen) atoms. The number of carbonyl (C=O) groups is 1. The molecule has 5 nitrogen and oxygen atoms in total. The fourth-order valence-electron chi connectivity index (χ4n) is 3.18. The van der Waals surface area contributed by atoms with Crippen molar-refractivity contribution in [2.45, 2.75) is 23.7 Å². The van der Waals surface area contributed by atoms with E-state index >= 15 is 0 Å². The van der Waals surface area contributed by atoms with Crippen LogP contribution >= 0.6 is 0 Å². The molecule has 1 saturated heterocycles. The Morgan fingerprint density at radius 1 is 1.00 bits per heavy atom. The molecule has 1 fully saturated rings. The summed E-state index contributed by atoms with van der Waals surface area (Å²) in [5.41, 5.74) is 1.60. The minimum Gasteiger partial charge on any atom is -0.465 e. The van der Waals surface area contributed by atoms with Crippen LogP contribution in [0.25, 0.3) is 0 Å². The average molecular weight is 359 g/mol. The molecule has 1 aliphatic rings. The van der Waals surface area contributed by atoms with Gasteiger partial charge in [-0.3, -0.25) is 0 Å². The van der Waals surface area contributed by atoms with Crippen LogP contribution in [0.1, 0.15) is 34.7 Å². The second kappa shape index (κ2) is 7.37. The molecular weight excluding hydrogens is 338 g/mol. The summed E-state index contributed by atoms with van der Waals surface area (Å²) in [6, 6.07) is 16.1. The van der Waals surface area contributed by atoms with E-state index in [1.165, 1.54) is 41.2 Å². The Hall–Kier alpha value is -2.18. The number of benzene rings is 2. The highest BCUT2D eigenvalue weighted by molar-refractivity contribution is 7.89.